The molecule has 7 heteroatoms. The number of para-hydroxylation sites is 1. The molecule has 0 aromatic heterocycles. The number of likely N-dealkylation sites (tertiary alicyclic amines) is 1. The zero-order valence-electron chi connectivity index (χ0n) is 26.8. The van der Waals surface area contributed by atoms with Gasteiger partial charge >= 0.3 is 0 Å². The number of Topliss-reactive ketones (excluding diaryl/α,β-unsaturated/α-hetero) is 1. The van der Waals surface area contributed by atoms with Crippen molar-refractivity contribution in [1.29, 1.82) is 0 Å². The number of benzene rings is 4. The van der Waals surface area contributed by atoms with Crippen molar-refractivity contribution in [2.45, 2.75) is 46.7 Å². The van der Waals surface area contributed by atoms with E-state index in [9.17, 15) is 4.79 Å². The molecule has 0 bridgehead atoms. The van der Waals surface area contributed by atoms with Gasteiger partial charge in [-0.2, -0.15) is 0 Å². The Balaban J connectivity index is 1.39. The van der Waals surface area contributed by atoms with Gasteiger partial charge in [-0.15, -0.1) is 23.5 Å². The molecule has 4 aromatic carbocycles. The van der Waals surface area contributed by atoms with Crippen molar-refractivity contribution < 1.29 is 9.59 Å². The van der Waals surface area contributed by atoms with E-state index in [4.69, 9.17) is 0 Å². The number of rotatable bonds is 6. The summed E-state index contributed by atoms with van der Waals surface area (Å²) in [5.74, 6) is -0.116. The first-order valence-corrected chi connectivity index (χ1v) is 18.9. The molecule has 3 saturated heterocycles. The first-order chi connectivity index (χ1) is 23.0. The van der Waals surface area contributed by atoms with Crippen LogP contribution in [0.25, 0.3) is 6.08 Å². The topological polar surface area (TPSA) is 52.7 Å². The highest BCUT2D eigenvalue weighted by Crippen LogP contribution is 2.68. The second-order valence-electron chi connectivity index (χ2n) is 13.2. The van der Waals surface area contributed by atoms with Crippen molar-refractivity contribution in [3.63, 3.8) is 0 Å². The number of nitrogens with zero attached hydrogens (tertiary/aromatic N) is 2. The first kappa shape index (κ1) is 30.7. The first-order valence-electron chi connectivity index (χ1n) is 16.5. The lowest BCUT2D eigenvalue weighted by molar-refractivity contribution is -0.147. The normalized spacial score (nSPS) is 27.9. The van der Waals surface area contributed by atoms with Crippen molar-refractivity contribution in [3.8, 4) is 0 Å². The molecule has 0 radical (unpaired) electrons. The van der Waals surface area contributed by atoms with Crippen LogP contribution < -0.4 is 5.32 Å². The molecule has 4 heterocycles. The van der Waals surface area contributed by atoms with Gasteiger partial charge in [0, 0.05) is 58.2 Å². The van der Waals surface area contributed by atoms with Gasteiger partial charge in [0.25, 0.3) is 5.91 Å². The third-order valence-corrected chi connectivity index (χ3v) is 12.4. The summed E-state index contributed by atoms with van der Waals surface area (Å²) in [4.78, 5) is 38.0. The number of fused-ring (bicyclic) bond motifs is 5. The standard InChI is InChI=1S/C40H39N3O2S2/c1-46-31-18-14-27(15-19-31)23-30-25-42(24-28-9-4-3-5-10-28)26-39(37(30)44)36(29-16-20-32(47-2)21-17-29)35-13-8-22-43(35)40(39)33-11-6-7-12-34(33)41-38(40)45/h3-7,9-12,14-21,23,35-36H,8,13,22,24-26H2,1-2H3,(H,41,45)/b30-23+/t35-,36-,39-,40-/m1/s1. The van der Waals surface area contributed by atoms with Gasteiger partial charge in [-0.1, -0.05) is 72.8 Å². The summed E-state index contributed by atoms with van der Waals surface area (Å²) in [5, 5.41) is 3.29. The van der Waals surface area contributed by atoms with Crippen LogP contribution in [0, 0.1) is 5.41 Å². The maximum Gasteiger partial charge on any atom is 0.250 e. The highest BCUT2D eigenvalue weighted by Gasteiger charge is 2.78. The fraction of sp³-hybridized carbons (Fsp3) is 0.300. The highest BCUT2D eigenvalue weighted by atomic mass is 32.2. The average molecular weight is 658 g/mol. The molecular weight excluding hydrogens is 619 g/mol. The molecule has 0 unspecified atom stereocenters. The van der Waals surface area contributed by atoms with E-state index < -0.39 is 11.0 Å². The number of ketones is 1. The molecule has 0 saturated carbocycles. The van der Waals surface area contributed by atoms with Gasteiger partial charge in [0.2, 0.25) is 0 Å². The van der Waals surface area contributed by atoms with Crippen molar-refractivity contribution in [2.75, 3.05) is 37.5 Å². The van der Waals surface area contributed by atoms with Crippen LogP contribution in [-0.4, -0.2) is 59.7 Å². The number of hydrogen-bond donors (Lipinski definition) is 1. The van der Waals surface area contributed by atoms with Gasteiger partial charge < -0.3 is 5.32 Å². The van der Waals surface area contributed by atoms with Gasteiger partial charge in [0.05, 0.1) is 5.41 Å². The van der Waals surface area contributed by atoms with E-state index in [0.29, 0.717) is 19.6 Å². The lowest BCUT2D eigenvalue weighted by Crippen LogP contribution is -2.66. The van der Waals surface area contributed by atoms with E-state index in [1.165, 1.54) is 15.4 Å². The number of carbonyl (C=O) groups is 2. The van der Waals surface area contributed by atoms with E-state index in [1.54, 1.807) is 23.5 Å². The maximum absolute atomic E-state index is 15.8. The van der Waals surface area contributed by atoms with Gasteiger partial charge in [0.1, 0.15) is 5.54 Å². The molecule has 1 amide bonds. The van der Waals surface area contributed by atoms with Crippen LogP contribution >= 0.6 is 23.5 Å². The SMILES string of the molecule is CSc1ccc(/C=C2\CN(Cc3ccccc3)C[C@]3(C2=O)[C@H](c2ccc(SC)cc2)[C@H]2CCCN2[C@]32C(=O)Nc3ccccc32)cc1. The molecule has 47 heavy (non-hydrogen) atoms. The van der Waals surface area contributed by atoms with Gasteiger partial charge in [-0.25, -0.2) is 0 Å². The molecule has 4 aromatic rings. The summed E-state index contributed by atoms with van der Waals surface area (Å²) in [7, 11) is 0. The summed E-state index contributed by atoms with van der Waals surface area (Å²) >= 11 is 3.43. The highest BCUT2D eigenvalue weighted by molar-refractivity contribution is 7.98. The van der Waals surface area contributed by atoms with E-state index in [-0.39, 0.29) is 23.7 Å². The molecule has 0 aliphatic carbocycles. The third-order valence-electron chi connectivity index (χ3n) is 10.9. The lowest BCUT2D eigenvalue weighted by Gasteiger charge is -2.52. The molecule has 8 rings (SSSR count). The van der Waals surface area contributed by atoms with E-state index in [0.717, 1.165) is 47.3 Å². The zero-order chi connectivity index (χ0) is 32.2. The quantitative estimate of drug-likeness (QED) is 0.170. The van der Waals surface area contributed by atoms with E-state index in [1.807, 2.05) is 24.3 Å². The van der Waals surface area contributed by atoms with Crippen molar-refractivity contribution in [2.24, 2.45) is 5.41 Å². The smallest absolute Gasteiger partial charge is 0.250 e. The molecule has 238 valence electrons. The van der Waals surface area contributed by atoms with Crippen LogP contribution in [0.15, 0.2) is 118 Å². The summed E-state index contributed by atoms with van der Waals surface area (Å²) in [6.07, 6.45) is 8.22. The Morgan fingerprint density at radius 1 is 0.851 bits per heavy atom. The molecule has 1 N–H and O–H groups in total. The Bertz CT molecular complexity index is 1860. The summed E-state index contributed by atoms with van der Waals surface area (Å²) < 4.78 is 0. The van der Waals surface area contributed by atoms with Crippen LogP contribution in [0.5, 0.6) is 0 Å². The minimum atomic E-state index is -1.12. The van der Waals surface area contributed by atoms with E-state index in [2.05, 4.69) is 113 Å². The Labute approximate surface area is 285 Å². The second kappa shape index (κ2) is 12.1. The Hall–Kier alpha value is -3.62. The number of hydrogen-bond acceptors (Lipinski definition) is 6. The van der Waals surface area contributed by atoms with Crippen LogP contribution in [-0.2, 0) is 21.7 Å². The number of piperidine rings is 1. The summed E-state index contributed by atoms with van der Waals surface area (Å²) in [6, 6.07) is 35.9. The lowest BCUT2D eigenvalue weighted by atomic mass is 9.55. The zero-order valence-corrected chi connectivity index (χ0v) is 28.5. The predicted molar refractivity (Wildman–Crippen MR) is 193 cm³/mol. The largest absolute Gasteiger partial charge is 0.324 e. The van der Waals surface area contributed by atoms with Crippen LogP contribution in [0.2, 0.25) is 0 Å². The molecule has 3 fully saturated rings. The summed E-state index contributed by atoms with van der Waals surface area (Å²) in [6.45, 7) is 2.50. The number of amides is 1. The Morgan fingerprint density at radius 2 is 1.53 bits per heavy atom. The maximum atomic E-state index is 15.8. The number of carbonyl (C=O) groups excluding carboxylic acids is 2. The van der Waals surface area contributed by atoms with Crippen LogP contribution in [0.3, 0.4) is 0 Å². The number of thioether (sulfide) groups is 2. The molecule has 4 aliphatic rings. The molecule has 5 nitrogen and oxygen atoms in total. The number of nitrogens with one attached hydrogen (secondary N) is 1. The Morgan fingerprint density at radius 3 is 2.26 bits per heavy atom. The van der Waals surface area contributed by atoms with Gasteiger partial charge in [-0.3, -0.25) is 19.4 Å². The Kier molecular flexibility index (Phi) is 7.92. The van der Waals surface area contributed by atoms with Crippen molar-refractivity contribution in [3.05, 3.63) is 131 Å². The van der Waals surface area contributed by atoms with Gasteiger partial charge in [0.15, 0.2) is 5.78 Å². The van der Waals surface area contributed by atoms with Gasteiger partial charge in [-0.05, 0) is 85.0 Å². The minimum Gasteiger partial charge on any atom is -0.324 e. The summed E-state index contributed by atoms with van der Waals surface area (Å²) in [5.41, 5.74) is 3.72. The minimum absolute atomic E-state index is 0.0626. The molecular formula is C40H39N3O2S2. The monoisotopic (exact) mass is 657 g/mol. The average Bonchev–Trinajstić information content (AvgIpc) is 3.76. The molecule has 2 spiro atoms. The fourth-order valence-electron chi connectivity index (χ4n) is 9.22. The molecule has 4 aliphatic heterocycles. The number of anilines is 1. The predicted octanol–water partition coefficient (Wildman–Crippen LogP) is 7.69. The van der Waals surface area contributed by atoms with Crippen molar-refractivity contribution in [1.82, 2.24) is 9.80 Å². The van der Waals surface area contributed by atoms with Crippen LogP contribution in [0.4, 0.5) is 5.69 Å². The van der Waals surface area contributed by atoms with Crippen LogP contribution in [0.1, 0.15) is 41.0 Å². The van der Waals surface area contributed by atoms with E-state index >= 15 is 4.79 Å². The fourth-order valence-corrected chi connectivity index (χ4v) is 10.0. The molecule has 4 atom stereocenters. The second-order valence-corrected chi connectivity index (χ2v) is 15.0. The van der Waals surface area contributed by atoms with Crippen molar-refractivity contribution >= 4 is 47.0 Å². The third kappa shape index (κ3) is 4.69.